The summed E-state index contributed by atoms with van der Waals surface area (Å²) in [6, 6.07) is 19.4. The lowest BCUT2D eigenvalue weighted by atomic mass is 9.84. The highest BCUT2D eigenvalue weighted by Gasteiger charge is 2.41. The van der Waals surface area contributed by atoms with E-state index in [2.05, 4.69) is 15.4 Å². The van der Waals surface area contributed by atoms with Gasteiger partial charge in [-0.15, -0.1) is 0 Å². The van der Waals surface area contributed by atoms with E-state index in [0.29, 0.717) is 16.7 Å². The van der Waals surface area contributed by atoms with Crippen LogP contribution in [0, 0.1) is 5.82 Å². The van der Waals surface area contributed by atoms with Crippen LogP contribution in [0.25, 0.3) is 5.70 Å². The van der Waals surface area contributed by atoms with Crippen LogP contribution in [-0.2, 0) is 0 Å². The number of fused-ring (bicyclic) bond motifs is 3. The molecular formula is C25H18ClFN4O2. The summed E-state index contributed by atoms with van der Waals surface area (Å²) in [6.45, 7) is 0. The Morgan fingerprint density at radius 3 is 2.55 bits per heavy atom. The minimum absolute atomic E-state index is 0.303. The summed E-state index contributed by atoms with van der Waals surface area (Å²) in [5.41, 5.74) is 4.43. The van der Waals surface area contributed by atoms with Crippen LogP contribution in [0.4, 0.5) is 10.3 Å². The summed E-state index contributed by atoms with van der Waals surface area (Å²) < 4.78 is 27.4. The molecule has 164 valence electrons. The Morgan fingerprint density at radius 1 is 1.03 bits per heavy atom. The van der Waals surface area contributed by atoms with Crippen LogP contribution in [0.1, 0.15) is 28.8 Å². The van der Waals surface area contributed by atoms with Crippen LogP contribution in [0.5, 0.6) is 11.5 Å². The summed E-state index contributed by atoms with van der Waals surface area (Å²) in [5, 5.41) is 8.52. The Kier molecular flexibility index (Phi) is 4.58. The van der Waals surface area contributed by atoms with Crippen molar-refractivity contribution in [2.45, 2.75) is 12.1 Å². The third kappa shape index (κ3) is 3.24. The van der Waals surface area contributed by atoms with E-state index in [-0.39, 0.29) is 11.9 Å². The van der Waals surface area contributed by atoms with Gasteiger partial charge in [-0.3, -0.25) is 0 Å². The van der Waals surface area contributed by atoms with Crippen molar-refractivity contribution in [1.82, 2.24) is 14.8 Å². The third-order valence-electron chi connectivity index (χ3n) is 5.98. The Morgan fingerprint density at radius 2 is 1.79 bits per heavy atom. The van der Waals surface area contributed by atoms with Gasteiger partial charge in [-0.2, -0.15) is 10.1 Å². The van der Waals surface area contributed by atoms with Gasteiger partial charge < -0.3 is 14.8 Å². The van der Waals surface area contributed by atoms with Crippen LogP contribution >= 0.6 is 11.6 Å². The molecule has 1 aromatic heterocycles. The molecule has 0 saturated carbocycles. The molecule has 3 aromatic carbocycles. The maximum Gasteiger partial charge on any atom is 0.226 e. The van der Waals surface area contributed by atoms with E-state index in [4.69, 9.17) is 21.1 Å². The lowest BCUT2D eigenvalue weighted by Crippen LogP contribution is -2.32. The molecule has 0 amide bonds. The molecule has 2 aliphatic heterocycles. The first-order valence-electron chi connectivity index (χ1n) is 10.4. The monoisotopic (exact) mass is 460 g/mol. The highest BCUT2D eigenvalue weighted by molar-refractivity contribution is 6.30. The minimum Gasteiger partial charge on any atom is -0.497 e. The number of nitrogens with one attached hydrogen (secondary N) is 1. The van der Waals surface area contributed by atoms with Crippen molar-refractivity contribution in [3.05, 3.63) is 106 Å². The lowest BCUT2D eigenvalue weighted by molar-refractivity contribution is 0.223. The zero-order chi connectivity index (χ0) is 22.5. The Bertz CT molecular complexity index is 1380. The maximum atomic E-state index is 13.7. The second-order valence-corrected chi connectivity index (χ2v) is 8.29. The van der Waals surface area contributed by atoms with Crippen molar-refractivity contribution in [1.29, 1.82) is 0 Å². The number of halogens is 2. The molecule has 2 unspecified atom stereocenters. The predicted molar refractivity (Wildman–Crippen MR) is 123 cm³/mol. The zero-order valence-electron chi connectivity index (χ0n) is 17.5. The van der Waals surface area contributed by atoms with E-state index >= 15 is 0 Å². The van der Waals surface area contributed by atoms with Crippen LogP contribution in [0.15, 0.2) is 78.6 Å². The number of hydrogen-bond acceptors (Lipinski definition) is 5. The molecule has 33 heavy (non-hydrogen) atoms. The smallest absolute Gasteiger partial charge is 0.226 e. The van der Waals surface area contributed by atoms with E-state index in [1.165, 1.54) is 18.5 Å². The number of benzene rings is 3. The van der Waals surface area contributed by atoms with Gasteiger partial charge in [0.2, 0.25) is 5.95 Å². The summed E-state index contributed by atoms with van der Waals surface area (Å²) in [4.78, 5) is 4.42. The SMILES string of the molecule is COc1ccc(C2C3=C(Nc4ncnn42)c2cc(Cl)ccc2OC3c2ccc(F)cc2)cc1. The first-order chi connectivity index (χ1) is 16.1. The molecule has 1 N–H and O–H groups in total. The van der Waals surface area contributed by atoms with Gasteiger partial charge in [-0.1, -0.05) is 35.9 Å². The van der Waals surface area contributed by atoms with Crippen molar-refractivity contribution in [3.8, 4) is 11.5 Å². The first kappa shape index (κ1) is 19.8. The number of rotatable bonds is 3. The molecule has 0 fully saturated rings. The average molecular weight is 461 g/mol. The highest BCUT2D eigenvalue weighted by Crippen LogP contribution is 2.51. The molecule has 8 heteroatoms. The van der Waals surface area contributed by atoms with Crippen LogP contribution in [-0.4, -0.2) is 21.9 Å². The second-order valence-electron chi connectivity index (χ2n) is 7.85. The standard InChI is InChI=1S/C25H18ClFN4O2/c1-32-18-9-4-14(5-10-18)23-21-22(30-25-28-13-29-31(23)25)19-12-16(26)6-11-20(19)33-24(21)15-2-7-17(27)8-3-15/h2-13,23-24H,1H3,(H,28,29,30). The van der Waals surface area contributed by atoms with Gasteiger partial charge in [0.15, 0.2) is 0 Å². The van der Waals surface area contributed by atoms with Gasteiger partial charge in [0.05, 0.1) is 12.8 Å². The first-order valence-corrected chi connectivity index (χ1v) is 10.8. The molecule has 6 rings (SSSR count). The van der Waals surface area contributed by atoms with E-state index in [1.54, 1.807) is 25.3 Å². The second kappa shape index (κ2) is 7.64. The summed E-state index contributed by atoms with van der Waals surface area (Å²) in [5.74, 6) is 1.75. The van der Waals surface area contributed by atoms with Gasteiger partial charge in [0, 0.05) is 16.2 Å². The Hall–Kier alpha value is -3.84. The third-order valence-corrected chi connectivity index (χ3v) is 6.22. The quantitative estimate of drug-likeness (QED) is 0.428. The van der Waals surface area contributed by atoms with Crippen molar-refractivity contribution in [2.75, 3.05) is 12.4 Å². The van der Waals surface area contributed by atoms with Crippen LogP contribution in [0.2, 0.25) is 5.02 Å². The van der Waals surface area contributed by atoms with Gasteiger partial charge in [0.1, 0.15) is 35.8 Å². The fourth-order valence-corrected chi connectivity index (χ4v) is 4.63. The van der Waals surface area contributed by atoms with E-state index in [0.717, 1.165) is 33.7 Å². The van der Waals surface area contributed by atoms with Gasteiger partial charge in [-0.25, -0.2) is 9.07 Å². The number of nitrogens with zero attached hydrogens (tertiary/aromatic N) is 3. The Balaban J connectivity index is 1.61. The van der Waals surface area contributed by atoms with Gasteiger partial charge >= 0.3 is 0 Å². The number of anilines is 1. The predicted octanol–water partition coefficient (Wildman–Crippen LogP) is 5.64. The molecule has 2 aliphatic rings. The normalized spacial score (nSPS) is 18.5. The molecule has 0 aliphatic carbocycles. The summed E-state index contributed by atoms with van der Waals surface area (Å²) >= 11 is 6.35. The highest BCUT2D eigenvalue weighted by atomic mass is 35.5. The maximum absolute atomic E-state index is 13.7. The van der Waals surface area contributed by atoms with Crippen LogP contribution < -0.4 is 14.8 Å². The molecule has 0 radical (unpaired) electrons. The van der Waals surface area contributed by atoms with Gasteiger partial charge in [0.25, 0.3) is 0 Å². The Labute approximate surface area is 194 Å². The minimum atomic E-state index is -0.480. The average Bonchev–Trinajstić information content (AvgIpc) is 3.31. The van der Waals surface area contributed by atoms with Crippen molar-refractivity contribution in [2.24, 2.45) is 0 Å². The number of hydrogen-bond donors (Lipinski definition) is 1. The molecule has 3 heterocycles. The molecule has 0 saturated heterocycles. The molecule has 0 bridgehead atoms. The molecule has 4 aromatic rings. The van der Waals surface area contributed by atoms with Crippen molar-refractivity contribution < 1.29 is 13.9 Å². The van der Waals surface area contributed by atoms with E-state index in [9.17, 15) is 4.39 Å². The number of methoxy groups -OCH3 is 1. The zero-order valence-corrected chi connectivity index (χ0v) is 18.3. The molecule has 2 atom stereocenters. The van der Waals surface area contributed by atoms with E-state index < -0.39 is 6.10 Å². The van der Waals surface area contributed by atoms with E-state index in [1.807, 2.05) is 41.1 Å². The summed E-state index contributed by atoms with van der Waals surface area (Å²) in [6.07, 6.45) is 1.04. The fourth-order valence-electron chi connectivity index (χ4n) is 4.46. The molecular weight excluding hydrogens is 443 g/mol. The summed E-state index contributed by atoms with van der Waals surface area (Å²) in [7, 11) is 1.63. The lowest BCUT2D eigenvalue weighted by Gasteiger charge is -2.39. The fraction of sp³-hybridized carbons (Fsp3) is 0.120. The van der Waals surface area contributed by atoms with Crippen molar-refractivity contribution in [3.63, 3.8) is 0 Å². The number of ether oxygens (including phenoxy) is 2. The number of aromatic nitrogens is 3. The molecule has 6 nitrogen and oxygen atoms in total. The van der Waals surface area contributed by atoms with Crippen molar-refractivity contribution >= 4 is 23.2 Å². The molecule has 0 spiro atoms. The van der Waals surface area contributed by atoms with Crippen LogP contribution in [0.3, 0.4) is 0 Å². The largest absolute Gasteiger partial charge is 0.497 e. The topological polar surface area (TPSA) is 61.2 Å². The van der Waals surface area contributed by atoms with Gasteiger partial charge in [-0.05, 0) is 53.6 Å².